The molecule has 1 amide bonds. The highest BCUT2D eigenvalue weighted by atomic mass is 35.5. The van der Waals surface area contributed by atoms with E-state index in [1.807, 2.05) is 42.5 Å². The Morgan fingerprint density at radius 3 is 2.52 bits per heavy atom. The molecule has 2 aromatic rings. The van der Waals surface area contributed by atoms with Crippen molar-refractivity contribution in [2.24, 2.45) is 4.99 Å². The van der Waals surface area contributed by atoms with Crippen molar-refractivity contribution in [2.45, 2.75) is 24.8 Å². The molecular weight excluding hydrogens is 388 g/mol. The minimum absolute atomic E-state index is 0.0964. The second-order valence-electron chi connectivity index (χ2n) is 7.19. The number of amides is 1. The van der Waals surface area contributed by atoms with Gasteiger partial charge in [0.25, 0.3) is 0 Å². The quantitative estimate of drug-likeness (QED) is 0.458. The fourth-order valence-corrected chi connectivity index (χ4v) is 3.37. The summed E-state index contributed by atoms with van der Waals surface area (Å²) >= 11 is 6.14. The number of guanidine groups is 1. The average molecular weight is 415 g/mol. The smallest absolute Gasteiger partial charge is 0.239 e. The zero-order chi connectivity index (χ0) is 20.7. The van der Waals surface area contributed by atoms with Crippen LogP contribution in [-0.4, -0.2) is 39.1 Å². The normalized spacial score (nSPS) is 14.8. The van der Waals surface area contributed by atoms with E-state index in [1.54, 1.807) is 14.2 Å². The van der Waals surface area contributed by atoms with Crippen molar-refractivity contribution in [3.8, 4) is 5.75 Å². The zero-order valence-electron chi connectivity index (χ0n) is 16.8. The van der Waals surface area contributed by atoms with Gasteiger partial charge >= 0.3 is 0 Å². The van der Waals surface area contributed by atoms with E-state index in [4.69, 9.17) is 16.3 Å². The fraction of sp³-hybridized carbons (Fsp3) is 0.364. The number of nitrogens with one attached hydrogen (secondary N) is 3. The molecule has 1 aliphatic carbocycles. The summed E-state index contributed by atoms with van der Waals surface area (Å²) in [6.07, 6.45) is 2.22. The molecule has 2 aromatic carbocycles. The van der Waals surface area contributed by atoms with Crippen LogP contribution in [-0.2, 0) is 16.8 Å². The number of carbonyl (C=O) groups excluding carboxylic acids is 1. The summed E-state index contributed by atoms with van der Waals surface area (Å²) < 4.78 is 5.13. The zero-order valence-corrected chi connectivity index (χ0v) is 17.6. The number of carbonyl (C=O) groups is 1. The molecule has 29 heavy (non-hydrogen) atoms. The molecule has 1 saturated carbocycles. The van der Waals surface area contributed by atoms with Crippen LogP contribution in [0.1, 0.15) is 24.0 Å². The number of methoxy groups -OCH3 is 1. The molecule has 0 unspecified atom stereocenters. The molecule has 1 fully saturated rings. The standard InChI is InChI=1S/C22H27ClN4O2/c1-24-21(27-15-22(10-11-22)17-4-3-5-18(23)12-17)26-14-20(28)25-13-16-6-8-19(29-2)9-7-16/h3-9,12H,10-11,13-15H2,1-2H3,(H,25,28)(H2,24,26,27). The first kappa shape index (κ1) is 21.0. The van der Waals surface area contributed by atoms with E-state index in [2.05, 4.69) is 27.0 Å². The molecule has 0 atom stereocenters. The minimum Gasteiger partial charge on any atom is -0.497 e. The van der Waals surface area contributed by atoms with Crippen molar-refractivity contribution in [3.05, 3.63) is 64.7 Å². The van der Waals surface area contributed by atoms with E-state index in [0.29, 0.717) is 12.5 Å². The number of aliphatic imine (C=N–C) groups is 1. The third kappa shape index (κ3) is 5.87. The number of halogens is 1. The maximum Gasteiger partial charge on any atom is 0.239 e. The van der Waals surface area contributed by atoms with Crippen LogP contribution in [0.4, 0.5) is 0 Å². The Balaban J connectivity index is 1.42. The molecule has 0 heterocycles. The van der Waals surface area contributed by atoms with E-state index in [1.165, 1.54) is 5.56 Å². The largest absolute Gasteiger partial charge is 0.497 e. The highest BCUT2D eigenvalue weighted by molar-refractivity contribution is 6.30. The molecule has 7 heteroatoms. The molecule has 3 N–H and O–H groups in total. The SMILES string of the molecule is CN=C(NCC(=O)NCc1ccc(OC)cc1)NCC1(c2cccc(Cl)c2)CC1. The summed E-state index contributed by atoms with van der Waals surface area (Å²) in [6.45, 7) is 1.37. The maximum atomic E-state index is 12.1. The lowest BCUT2D eigenvalue weighted by atomic mass is 9.96. The van der Waals surface area contributed by atoms with Crippen molar-refractivity contribution in [1.82, 2.24) is 16.0 Å². The van der Waals surface area contributed by atoms with E-state index >= 15 is 0 Å². The second kappa shape index (κ2) is 9.65. The van der Waals surface area contributed by atoms with Crippen LogP contribution in [0.25, 0.3) is 0 Å². The first-order valence-electron chi connectivity index (χ1n) is 9.65. The van der Waals surface area contributed by atoms with E-state index in [0.717, 1.165) is 35.7 Å². The highest BCUT2D eigenvalue weighted by Crippen LogP contribution is 2.48. The number of benzene rings is 2. The van der Waals surface area contributed by atoms with Crippen molar-refractivity contribution >= 4 is 23.5 Å². The molecule has 1 aliphatic rings. The van der Waals surface area contributed by atoms with Crippen molar-refractivity contribution < 1.29 is 9.53 Å². The van der Waals surface area contributed by atoms with Crippen LogP contribution >= 0.6 is 11.6 Å². The molecule has 0 bridgehead atoms. The van der Waals surface area contributed by atoms with Crippen LogP contribution in [0.3, 0.4) is 0 Å². The predicted molar refractivity (Wildman–Crippen MR) is 117 cm³/mol. The molecule has 0 saturated heterocycles. The van der Waals surface area contributed by atoms with Crippen molar-refractivity contribution in [2.75, 3.05) is 27.2 Å². The molecule has 0 aliphatic heterocycles. The van der Waals surface area contributed by atoms with Crippen LogP contribution in [0, 0.1) is 0 Å². The monoisotopic (exact) mass is 414 g/mol. The Kier molecular flexibility index (Phi) is 6.99. The van der Waals surface area contributed by atoms with Gasteiger partial charge in [0.1, 0.15) is 5.75 Å². The highest BCUT2D eigenvalue weighted by Gasteiger charge is 2.44. The lowest BCUT2D eigenvalue weighted by Crippen LogP contribution is -2.45. The van der Waals surface area contributed by atoms with Gasteiger partial charge in [0.05, 0.1) is 13.7 Å². The van der Waals surface area contributed by atoms with Crippen molar-refractivity contribution in [3.63, 3.8) is 0 Å². The number of ether oxygens (including phenoxy) is 1. The summed E-state index contributed by atoms with van der Waals surface area (Å²) in [5.74, 6) is 1.31. The molecule has 0 radical (unpaired) electrons. The summed E-state index contributed by atoms with van der Waals surface area (Å²) in [7, 11) is 3.33. The van der Waals surface area contributed by atoms with E-state index in [9.17, 15) is 4.79 Å². The van der Waals surface area contributed by atoms with Gasteiger partial charge < -0.3 is 20.7 Å². The van der Waals surface area contributed by atoms with Gasteiger partial charge in [-0.15, -0.1) is 0 Å². The Hall–Kier alpha value is -2.73. The summed E-state index contributed by atoms with van der Waals surface area (Å²) in [5, 5.41) is 10.0. The Morgan fingerprint density at radius 1 is 1.14 bits per heavy atom. The van der Waals surface area contributed by atoms with Gasteiger partial charge in [-0.3, -0.25) is 9.79 Å². The first-order valence-corrected chi connectivity index (χ1v) is 10.0. The van der Waals surface area contributed by atoms with Gasteiger partial charge in [0.15, 0.2) is 5.96 Å². The number of hydrogen-bond acceptors (Lipinski definition) is 3. The minimum atomic E-state index is -0.0975. The molecule has 6 nitrogen and oxygen atoms in total. The summed E-state index contributed by atoms with van der Waals surface area (Å²) in [5.41, 5.74) is 2.35. The summed E-state index contributed by atoms with van der Waals surface area (Å²) in [6, 6.07) is 15.6. The predicted octanol–water partition coefficient (Wildman–Crippen LogP) is 2.86. The molecule has 0 spiro atoms. The van der Waals surface area contributed by atoms with Gasteiger partial charge in [-0.05, 0) is 48.2 Å². The number of rotatable bonds is 8. The molecule has 3 rings (SSSR count). The van der Waals surface area contributed by atoms with E-state index < -0.39 is 0 Å². The fourth-order valence-electron chi connectivity index (χ4n) is 3.18. The lowest BCUT2D eigenvalue weighted by molar-refractivity contribution is -0.120. The third-order valence-corrected chi connectivity index (χ3v) is 5.41. The van der Waals surface area contributed by atoms with Gasteiger partial charge in [0.2, 0.25) is 5.91 Å². The second-order valence-corrected chi connectivity index (χ2v) is 7.63. The van der Waals surface area contributed by atoms with Gasteiger partial charge in [-0.2, -0.15) is 0 Å². The first-order chi connectivity index (χ1) is 14.0. The number of nitrogens with zero attached hydrogens (tertiary/aromatic N) is 1. The Labute approximate surface area is 176 Å². The molecule has 0 aromatic heterocycles. The van der Waals surface area contributed by atoms with Gasteiger partial charge in [0, 0.05) is 30.6 Å². The van der Waals surface area contributed by atoms with Crippen LogP contribution in [0.5, 0.6) is 5.75 Å². The van der Waals surface area contributed by atoms with Gasteiger partial charge in [-0.1, -0.05) is 35.9 Å². The number of hydrogen-bond donors (Lipinski definition) is 3. The maximum absolute atomic E-state index is 12.1. The summed E-state index contributed by atoms with van der Waals surface area (Å²) in [4.78, 5) is 16.4. The van der Waals surface area contributed by atoms with Crippen molar-refractivity contribution in [1.29, 1.82) is 0 Å². The van der Waals surface area contributed by atoms with Crippen LogP contribution in [0.2, 0.25) is 5.02 Å². The van der Waals surface area contributed by atoms with E-state index in [-0.39, 0.29) is 17.9 Å². The lowest BCUT2D eigenvalue weighted by Gasteiger charge is -2.19. The molecule has 154 valence electrons. The third-order valence-electron chi connectivity index (χ3n) is 5.17. The topological polar surface area (TPSA) is 74.8 Å². The van der Waals surface area contributed by atoms with Gasteiger partial charge in [-0.25, -0.2) is 0 Å². The Bertz CT molecular complexity index is 863. The molecular formula is C22H27ClN4O2. The average Bonchev–Trinajstić information content (AvgIpc) is 3.54. The Morgan fingerprint density at radius 2 is 1.90 bits per heavy atom. The van der Waals surface area contributed by atoms with Crippen LogP contribution < -0.4 is 20.7 Å². The van der Waals surface area contributed by atoms with Crippen LogP contribution in [0.15, 0.2) is 53.5 Å².